The first-order chi connectivity index (χ1) is 32.6. The molecule has 4 saturated carbocycles. The Morgan fingerprint density at radius 1 is 0.515 bits per heavy atom. The maximum absolute atomic E-state index is 5.27. The van der Waals surface area contributed by atoms with Crippen LogP contribution in [0.1, 0.15) is 144 Å². The van der Waals surface area contributed by atoms with E-state index in [1.54, 1.807) is 5.57 Å². The van der Waals surface area contributed by atoms with Crippen molar-refractivity contribution in [3.05, 3.63) is 185 Å². The Labute approximate surface area is 395 Å². The second-order valence-corrected chi connectivity index (χ2v) is 22.3. The molecule has 1 heterocycles. The van der Waals surface area contributed by atoms with Crippen molar-refractivity contribution >= 4 is 5.57 Å². The second-order valence-electron chi connectivity index (χ2n) is 22.3. The van der Waals surface area contributed by atoms with E-state index in [-0.39, 0.29) is 5.92 Å². The van der Waals surface area contributed by atoms with Gasteiger partial charge in [-0.3, -0.25) is 0 Å². The summed E-state index contributed by atoms with van der Waals surface area (Å²) < 4.78 is 0. The van der Waals surface area contributed by atoms with Crippen LogP contribution in [0.4, 0.5) is 0 Å². The number of fused-ring (bicyclic) bond motifs is 9. The Morgan fingerprint density at radius 3 is 1.86 bits per heavy atom. The number of nitrogens with zero attached hydrogens (tertiary/aromatic N) is 2. The van der Waals surface area contributed by atoms with Crippen molar-refractivity contribution in [2.45, 2.75) is 127 Å². The standard InChI is InChI=1S/C64H68N2/c1-5-17-43(18-6-1)44-27-31-46(32-28-44)59-42-60(66-62(65-59)48-19-7-2-8-20-48)47-33-29-45(30-34-47)49-21-15-22-50(39-49)51-24-16-26-56-61(51)54-41-57-53(40-58(54)64(56)37-13-4-14-38-64)52-23-9-10-25-55(52)63(57)35-11-3-12-36-63/h1-2,5-8,15-17,19,21-22,24,26-34,40,42-43,48,50,52,54-56,61H,3-4,9-14,18,20,23,25,35-39,41H2. The molecule has 10 aliphatic carbocycles. The Kier molecular flexibility index (Phi) is 10.5. The molecule has 2 heteroatoms. The van der Waals surface area contributed by atoms with Gasteiger partial charge in [-0.2, -0.15) is 0 Å². The summed E-state index contributed by atoms with van der Waals surface area (Å²) in [5.41, 5.74) is 16.9. The molecule has 3 aromatic rings. The van der Waals surface area contributed by atoms with Crippen LogP contribution in [0.25, 0.3) is 28.1 Å². The highest BCUT2D eigenvalue weighted by atomic mass is 14.9. The molecule has 1 aromatic heterocycles. The molecule has 8 unspecified atom stereocenters. The lowest BCUT2D eigenvalue weighted by molar-refractivity contribution is 0.0931. The van der Waals surface area contributed by atoms with Crippen LogP contribution < -0.4 is 0 Å². The lowest BCUT2D eigenvalue weighted by atomic mass is 9.58. The Morgan fingerprint density at radius 2 is 1.15 bits per heavy atom. The third-order valence-corrected chi connectivity index (χ3v) is 19.2. The minimum atomic E-state index is 0.175. The van der Waals surface area contributed by atoms with Gasteiger partial charge in [0.15, 0.2) is 0 Å². The molecule has 8 atom stereocenters. The molecule has 0 aliphatic heterocycles. The molecule has 2 spiro atoms. The van der Waals surface area contributed by atoms with Gasteiger partial charge >= 0.3 is 0 Å². The molecule has 334 valence electrons. The zero-order chi connectivity index (χ0) is 43.7. The first-order valence-electron chi connectivity index (χ1n) is 26.6. The molecular formula is C64H68N2. The predicted octanol–water partition coefficient (Wildman–Crippen LogP) is 16.7. The summed E-state index contributed by atoms with van der Waals surface area (Å²) in [7, 11) is 0. The fraction of sp³-hybridized carbons (Fsp3) is 0.438. The van der Waals surface area contributed by atoms with Gasteiger partial charge in [-0.25, -0.2) is 9.97 Å². The number of aromatic nitrogens is 2. The van der Waals surface area contributed by atoms with Crippen LogP contribution in [0.2, 0.25) is 0 Å². The largest absolute Gasteiger partial charge is 0.232 e. The van der Waals surface area contributed by atoms with E-state index in [2.05, 4.69) is 146 Å². The summed E-state index contributed by atoms with van der Waals surface area (Å²) in [6.45, 7) is 0. The highest BCUT2D eigenvalue weighted by Gasteiger charge is 2.62. The van der Waals surface area contributed by atoms with Gasteiger partial charge in [0.25, 0.3) is 0 Å². The maximum atomic E-state index is 5.27. The van der Waals surface area contributed by atoms with Gasteiger partial charge in [0.05, 0.1) is 11.4 Å². The highest BCUT2D eigenvalue weighted by Crippen LogP contribution is 2.72. The van der Waals surface area contributed by atoms with Crippen LogP contribution in [0.5, 0.6) is 0 Å². The van der Waals surface area contributed by atoms with Crippen LogP contribution in [-0.2, 0) is 0 Å². The molecule has 0 bridgehead atoms. The smallest absolute Gasteiger partial charge is 0.136 e. The molecule has 0 amide bonds. The number of allylic oxidation sites excluding steroid dienone is 20. The van der Waals surface area contributed by atoms with E-state index < -0.39 is 0 Å². The molecular weight excluding hydrogens is 797 g/mol. The second kappa shape index (κ2) is 16.9. The number of hydrogen-bond acceptors (Lipinski definition) is 2. The van der Waals surface area contributed by atoms with Crippen molar-refractivity contribution in [3.63, 3.8) is 0 Å². The van der Waals surface area contributed by atoms with E-state index in [9.17, 15) is 0 Å². The van der Waals surface area contributed by atoms with E-state index in [1.165, 1.54) is 113 Å². The molecule has 0 N–H and O–H groups in total. The summed E-state index contributed by atoms with van der Waals surface area (Å²) >= 11 is 0. The summed E-state index contributed by atoms with van der Waals surface area (Å²) in [4.78, 5) is 10.5. The first kappa shape index (κ1) is 41.1. The van der Waals surface area contributed by atoms with Crippen LogP contribution in [-0.4, -0.2) is 9.97 Å². The maximum Gasteiger partial charge on any atom is 0.136 e. The van der Waals surface area contributed by atoms with E-state index >= 15 is 0 Å². The Balaban J connectivity index is 0.788. The van der Waals surface area contributed by atoms with Gasteiger partial charge in [0.2, 0.25) is 0 Å². The monoisotopic (exact) mass is 865 g/mol. The SMILES string of the molecule is C1=CCC(c2ccc(-c3cc(-c4ccc(C5=CC=CC(C6=CC=CC7C6C6CC8=C(C=C6C76CCCCC6)C6CCCCC6C86CCCCC6)C5)cc4)nc(C4C=CC=CC4)n3)cc2)C=C1. The third kappa shape index (κ3) is 6.85. The van der Waals surface area contributed by atoms with Crippen LogP contribution >= 0.6 is 0 Å². The van der Waals surface area contributed by atoms with Gasteiger partial charge in [0, 0.05) is 28.9 Å². The quantitative estimate of drug-likeness (QED) is 0.247. The Hall–Kier alpha value is -5.08. The molecule has 13 rings (SSSR count). The summed E-state index contributed by atoms with van der Waals surface area (Å²) in [5.74, 6) is 5.67. The van der Waals surface area contributed by atoms with E-state index in [4.69, 9.17) is 9.97 Å². The van der Waals surface area contributed by atoms with Crippen molar-refractivity contribution in [2.75, 3.05) is 0 Å². The number of hydrogen-bond donors (Lipinski definition) is 0. The van der Waals surface area contributed by atoms with Crippen LogP contribution in [0, 0.1) is 46.3 Å². The zero-order valence-corrected chi connectivity index (χ0v) is 39.1. The average Bonchev–Trinajstić information content (AvgIpc) is 3.81. The fourth-order valence-corrected chi connectivity index (χ4v) is 16.2. The van der Waals surface area contributed by atoms with Crippen molar-refractivity contribution in [1.82, 2.24) is 9.97 Å². The van der Waals surface area contributed by atoms with Crippen LogP contribution in [0.15, 0.2) is 168 Å². The molecule has 4 fully saturated rings. The normalized spacial score (nSPS) is 32.2. The van der Waals surface area contributed by atoms with Crippen molar-refractivity contribution in [3.8, 4) is 22.5 Å². The number of rotatable bonds is 6. The molecule has 2 aromatic carbocycles. The molecule has 0 saturated heterocycles. The molecule has 0 radical (unpaired) electrons. The van der Waals surface area contributed by atoms with Gasteiger partial charge in [-0.05, 0) is 133 Å². The Bertz CT molecular complexity index is 2690. The summed E-state index contributed by atoms with van der Waals surface area (Å²) in [6, 6.07) is 20.7. The minimum absolute atomic E-state index is 0.175. The lowest BCUT2D eigenvalue weighted by Gasteiger charge is -2.46. The minimum Gasteiger partial charge on any atom is -0.232 e. The number of benzene rings is 2. The summed E-state index contributed by atoms with van der Waals surface area (Å²) in [5, 5.41) is 0. The van der Waals surface area contributed by atoms with E-state index in [0.717, 1.165) is 59.4 Å². The van der Waals surface area contributed by atoms with Gasteiger partial charge < -0.3 is 0 Å². The highest BCUT2D eigenvalue weighted by molar-refractivity contribution is 5.74. The molecule has 66 heavy (non-hydrogen) atoms. The third-order valence-electron chi connectivity index (χ3n) is 19.2. The zero-order valence-electron chi connectivity index (χ0n) is 39.1. The van der Waals surface area contributed by atoms with Gasteiger partial charge in [-0.1, -0.05) is 208 Å². The van der Waals surface area contributed by atoms with Crippen molar-refractivity contribution in [2.24, 2.45) is 46.3 Å². The summed E-state index contributed by atoms with van der Waals surface area (Å²) in [6.07, 6.45) is 60.5. The molecule has 2 nitrogen and oxygen atoms in total. The topological polar surface area (TPSA) is 25.8 Å². The van der Waals surface area contributed by atoms with Gasteiger partial charge in [-0.15, -0.1) is 0 Å². The molecule has 10 aliphatic rings. The van der Waals surface area contributed by atoms with E-state index in [0.29, 0.717) is 40.4 Å². The predicted molar refractivity (Wildman–Crippen MR) is 273 cm³/mol. The first-order valence-corrected chi connectivity index (χ1v) is 26.6. The van der Waals surface area contributed by atoms with Crippen LogP contribution in [0.3, 0.4) is 0 Å². The van der Waals surface area contributed by atoms with E-state index in [1.807, 2.05) is 16.7 Å². The van der Waals surface area contributed by atoms with Crippen molar-refractivity contribution < 1.29 is 0 Å². The fourth-order valence-electron chi connectivity index (χ4n) is 16.2. The lowest BCUT2D eigenvalue weighted by Crippen LogP contribution is -2.36. The van der Waals surface area contributed by atoms with Crippen molar-refractivity contribution in [1.29, 1.82) is 0 Å². The van der Waals surface area contributed by atoms with Gasteiger partial charge in [0.1, 0.15) is 5.82 Å². The average molecular weight is 865 g/mol.